The zero-order valence-electron chi connectivity index (χ0n) is 13.2. The molecule has 5 nitrogen and oxygen atoms in total. The van der Waals surface area contributed by atoms with Gasteiger partial charge in [-0.15, -0.1) is 0 Å². The number of likely N-dealkylation sites (N-methyl/N-ethyl adjacent to an activating group) is 1. The molecule has 2 rings (SSSR count). The maximum absolute atomic E-state index is 12.4. The molecule has 1 aliphatic rings. The molecule has 0 saturated heterocycles. The maximum atomic E-state index is 12.4. The molecule has 0 aromatic heterocycles. The predicted octanol–water partition coefficient (Wildman–Crippen LogP) is 2.38. The summed E-state index contributed by atoms with van der Waals surface area (Å²) in [4.78, 5) is 14.2. The highest BCUT2D eigenvalue weighted by Gasteiger charge is 2.32. The van der Waals surface area contributed by atoms with Crippen molar-refractivity contribution in [2.75, 3.05) is 26.0 Å². The summed E-state index contributed by atoms with van der Waals surface area (Å²) in [5, 5.41) is 13.3. The molecule has 0 aliphatic heterocycles. The Hall–Kier alpha value is -1.30. The summed E-state index contributed by atoms with van der Waals surface area (Å²) >= 11 is 5.96. The van der Waals surface area contributed by atoms with Crippen LogP contribution in [-0.4, -0.2) is 48.8 Å². The topological polar surface area (TPSA) is 61.8 Å². The van der Waals surface area contributed by atoms with Crippen molar-refractivity contribution in [3.63, 3.8) is 0 Å². The van der Waals surface area contributed by atoms with E-state index >= 15 is 0 Å². The Morgan fingerprint density at radius 2 is 2.23 bits per heavy atom. The Morgan fingerprint density at radius 3 is 2.82 bits per heavy atom. The first-order chi connectivity index (χ1) is 10.4. The minimum absolute atomic E-state index is 0.161. The summed E-state index contributed by atoms with van der Waals surface area (Å²) in [5.74, 6) is 0.794. The highest BCUT2D eigenvalue weighted by atomic mass is 35.5. The average molecular weight is 327 g/mol. The van der Waals surface area contributed by atoms with E-state index in [0.29, 0.717) is 28.9 Å². The molecule has 22 heavy (non-hydrogen) atoms. The van der Waals surface area contributed by atoms with Gasteiger partial charge in [-0.1, -0.05) is 11.6 Å². The van der Waals surface area contributed by atoms with E-state index in [2.05, 4.69) is 5.32 Å². The van der Waals surface area contributed by atoms with Gasteiger partial charge in [0.05, 0.1) is 24.9 Å². The molecule has 1 aromatic rings. The van der Waals surface area contributed by atoms with E-state index in [1.165, 1.54) is 0 Å². The fourth-order valence-corrected chi connectivity index (χ4v) is 2.47. The summed E-state index contributed by atoms with van der Waals surface area (Å²) in [7, 11) is 3.38. The van der Waals surface area contributed by atoms with Gasteiger partial charge in [0, 0.05) is 11.6 Å². The van der Waals surface area contributed by atoms with Crippen LogP contribution in [0.4, 0.5) is 5.69 Å². The van der Waals surface area contributed by atoms with Crippen LogP contribution in [0.25, 0.3) is 0 Å². The Bertz CT molecular complexity index is 534. The lowest BCUT2D eigenvalue weighted by Crippen LogP contribution is -2.43. The van der Waals surface area contributed by atoms with Gasteiger partial charge in [0.2, 0.25) is 5.91 Å². The fraction of sp³-hybridized carbons (Fsp3) is 0.562. The summed E-state index contributed by atoms with van der Waals surface area (Å²) in [6.07, 6.45) is 1.80. The van der Waals surface area contributed by atoms with Crippen LogP contribution in [0.3, 0.4) is 0 Å². The van der Waals surface area contributed by atoms with E-state index in [1.54, 1.807) is 25.3 Å². The quantitative estimate of drug-likeness (QED) is 0.807. The number of carbonyl (C=O) groups is 1. The van der Waals surface area contributed by atoms with Crippen molar-refractivity contribution < 1.29 is 14.6 Å². The minimum Gasteiger partial charge on any atom is -0.495 e. The molecule has 0 radical (unpaired) electrons. The molecule has 0 bridgehead atoms. The number of aliphatic hydroxyl groups excluding tert-OH is 1. The first kappa shape index (κ1) is 17.1. The van der Waals surface area contributed by atoms with Gasteiger partial charge in [-0.25, -0.2) is 0 Å². The first-order valence-corrected chi connectivity index (χ1v) is 7.83. The SMILES string of the molecule is COc1ccc(Cl)cc1NC(=O)C(C)N(C)CC(O)C1CC1. The van der Waals surface area contributed by atoms with Crippen LogP contribution in [0.1, 0.15) is 19.8 Å². The zero-order valence-corrected chi connectivity index (χ0v) is 13.9. The van der Waals surface area contributed by atoms with E-state index in [9.17, 15) is 9.90 Å². The molecule has 0 spiro atoms. The van der Waals surface area contributed by atoms with E-state index in [0.717, 1.165) is 12.8 Å². The van der Waals surface area contributed by atoms with Crippen LogP contribution in [0.15, 0.2) is 18.2 Å². The van der Waals surface area contributed by atoms with Crippen LogP contribution in [-0.2, 0) is 4.79 Å². The van der Waals surface area contributed by atoms with Crippen molar-refractivity contribution in [3.8, 4) is 5.75 Å². The molecular formula is C16H23ClN2O3. The van der Waals surface area contributed by atoms with Crippen LogP contribution in [0.2, 0.25) is 5.02 Å². The lowest BCUT2D eigenvalue weighted by molar-refractivity contribution is -0.120. The van der Waals surface area contributed by atoms with Gasteiger partial charge in [-0.05, 0) is 50.9 Å². The lowest BCUT2D eigenvalue weighted by atomic mass is 10.2. The second-order valence-corrected chi connectivity index (χ2v) is 6.29. The smallest absolute Gasteiger partial charge is 0.241 e. The average Bonchev–Trinajstić information content (AvgIpc) is 3.31. The lowest BCUT2D eigenvalue weighted by Gasteiger charge is -2.26. The van der Waals surface area contributed by atoms with E-state index in [1.807, 2.05) is 18.9 Å². The number of nitrogens with zero attached hydrogens (tertiary/aromatic N) is 1. The summed E-state index contributed by atoms with van der Waals surface area (Å²) < 4.78 is 5.22. The summed E-state index contributed by atoms with van der Waals surface area (Å²) in [6.45, 7) is 2.30. The van der Waals surface area contributed by atoms with Crippen LogP contribution in [0, 0.1) is 5.92 Å². The first-order valence-electron chi connectivity index (χ1n) is 7.45. The number of halogens is 1. The van der Waals surface area contributed by atoms with Crippen molar-refractivity contribution in [1.82, 2.24) is 4.90 Å². The third-order valence-corrected chi connectivity index (χ3v) is 4.34. The highest BCUT2D eigenvalue weighted by Crippen LogP contribution is 2.33. The number of methoxy groups -OCH3 is 1. The number of amides is 1. The molecule has 6 heteroatoms. The van der Waals surface area contributed by atoms with Crippen molar-refractivity contribution in [2.45, 2.75) is 31.9 Å². The predicted molar refractivity (Wildman–Crippen MR) is 87.5 cm³/mol. The van der Waals surface area contributed by atoms with E-state index in [-0.39, 0.29) is 18.1 Å². The van der Waals surface area contributed by atoms with Crippen molar-refractivity contribution in [1.29, 1.82) is 0 Å². The van der Waals surface area contributed by atoms with Gasteiger partial charge in [0.25, 0.3) is 0 Å². The van der Waals surface area contributed by atoms with Gasteiger partial charge in [0.15, 0.2) is 0 Å². The molecule has 0 heterocycles. The molecule has 1 aliphatic carbocycles. The van der Waals surface area contributed by atoms with Gasteiger partial charge in [-0.2, -0.15) is 0 Å². The van der Waals surface area contributed by atoms with Crippen molar-refractivity contribution >= 4 is 23.2 Å². The second kappa shape index (κ2) is 7.31. The zero-order chi connectivity index (χ0) is 16.3. The number of aliphatic hydroxyl groups is 1. The summed E-state index contributed by atoms with van der Waals surface area (Å²) in [5.41, 5.74) is 0.544. The summed E-state index contributed by atoms with van der Waals surface area (Å²) in [6, 6.07) is 4.71. The number of carbonyl (C=O) groups excluding carboxylic acids is 1. The molecule has 1 saturated carbocycles. The number of hydrogen-bond donors (Lipinski definition) is 2. The molecule has 2 atom stereocenters. The van der Waals surface area contributed by atoms with Gasteiger partial charge >= 0.3 is 0 Å². The normalized spacial score (nSPS) is 17.2. The van der Waals surface area contributed by atoms with Gasteiger partial charge in [-0.3, -0.25) is 9.69 Å². The number of ether oxygens (including phenoxy) is 1. The Balaban J connectivity index is 1.96. The van der Waals surface area contributed by atoms with Crippen LogP contribution >= 0.6 is 11.6 Å². The number of rotatable bonds is 7. The number of benzene rings is 1. The standard InChI is InChI=1S/C16H23ClN2O3/c1-10(19(2)9-14(20)11-4-5-11)16(21)18-13-8-12(17)6-7-15(13)22-3/h6-8,10-11,14,20H,4-5,9H2,1-3H3,(H,18,21). The molecule has 1 amide bonds. The largest absolute Gasteiger partial charge is 0.495 e. The molecular weight excluding hydrogens is 304 g/mol. The molecule has 2 unspecified atom stereocenters. The maximum Gasteiger partial charge on any atom is 0.241 e. The van der Waals surface area contributed by atoms with E-state index in [4.69, 9.17) is 16.3 Å². The Labute approximate surface area is 136 Å². The van der Waals surface area contributed by atoms with Crippen LogP contribution in [0.5, 0.6) is 5.75 Å². The van der Waals surface area contributed by atoms with Gasteiger partial charge < -0.3 is 15.2 Å². The number of anilines is 1. The van der Waals surface area contributed by atoms with Crippen molar-refractivity contribution in [2.24, 2.45) is 5.92 Å². The monoisotopic (exact) mass is 326 g/mol. The Kier molecular flexibility index (Phi) is 5.67. The molecule has 1 fully saturated rings. The van der Waals surface area contributed by atoms with Crippen molar-refractivity contribution in [3.05, 3.63) is 23.2 Å². The van der Waals surface area contributed by atoms with Gasteiger partial charge in [0.1, 0.15) is 5.75 Å². The van der Waals surface area contributed by atoms with Crippen LogP contribution < -0.4 is 10.1 Å². The second-order valence-electron chi connectivity index (χ2n) is 5.85. The van der Waals surface area contributed by atoms with E-state index < -0.39 is 0 Å². The molecule has 1 aromatic carbocycles. The third kappa shape index (κ3) is 4.35. The Morgan fingerprint density at radius 1 is 1.55 bits per heavy atom. The minimum atomic E-state index is -0.364. The number of hydrogen-bond acceptors (Lipinski definition) is 4. The number of nitrogens with one attached hydrogen (secondary N) is 1. The fourth-order valence-electron chi connectivity index (χ4n) is 2.30. The molecule has 122 valence electrons. The third-order valence-electron chi connectivity index (χ3n) is 4.10. The highest BCUT2D eigenvalue weighted by molar-refractivity contribution is 6.31. The molecule has 2 N–H and O–H groups in total.